The van der Waals surface area contributed by atoms with Gasteiger partial charge in [0.25, 0.3) is 5.91 Å². The van der Waals surface area contributed by atoms with E-state index in [0.717, 1.165) is 29.8 Å². The van der Waals surface area contributed by atoms with E-state index in [1.54, 1.807) is 29.4 Å². The second-order valence-electron chi connectivity index (χ2n) is 11.7. The number of carbonyl (C=O) groups is 3. The minimum Gasteiger partial charge on any atom is -0.444 e. The molecule has 232 valence electrons. The van der Waals surface area contributed by atoms with Gasteiger partial charge < -0.3 is 25.0 Å². The zero-order valence-electron chi connectivity index (χ0n) is 25.1. The molecule has 4 aromatic rings. The van der Waals surface area contributed by atoms with Crippen LogP contribution in [-0.2, 0) is 27.3 Å². The molecule has 2 aromatic carbocycles. The van der Waals surface area contributed by atoms with Crippen LogP contribution in [0.1, 0.15) is 35.0 Å². The molecule has 0 radical (unpaired) electrons. The Morgan fingerprint density at radius 2 is 1.96 bits per heavy atom. The molecule has 0 unspecified atom stereocenters. The molecule has 45 heavy (non-hydrogen) atoms. The molecule has 6 rings (SSSR count). The van der Waals surface area contributed by atoms with Crippen molar-refractivity contribution in [1.29, 1.82) is 0 Å². The Morgan fingerprint density at radius 1 is 1.11 bits per heavy atom. The molecular weight excluding hydrogens is 572 g/mol. The lowest BCUT2D eigenvalue weighted by Crippen LogP contribution is -2.46. The average molecular weight is 609 g/mol. The molecule has 4 heterocycles. The smallest absolute Gasteiger partial charge is 0.412 e. The Kier molecular flexibility index (Phi) is 8.99. The lowest BCUT2D eigenvalue weighted by atomic mass is 9.95. The molecule has 0 aliphatic carbocycles. The first-order valence-corrected chi connectivity index (χ1v) is 15.1. The summed E-state index contributed by atoms with van der Waals surface area (Å²) in [6, 6.07) is 18.4. The molecule has 2 aliphatic rings. The maximum atomic E-state index is 14.0. The number of nitrogens with zero attached hydrogens (tertiary/aromatic N) is 4. The lowest BCUT2D eigenvalue weighted by Gasteiger charge is -2.37. The Bertz CT molecular complexity index is 1700. The summed E-state index contributed by atoms with van der Waals surface area (Å²) in [5.41, 5.74) is 10.3. The van der Waals surface area contributed by atoms with Crippen LogP contribution in [0.3, 0.4) is 0 Å². The first-order chi connectivity index (χ1) is 21.8. The Labute approximate surface area is 261 Å². The number of carbonyl (C=O) groups excluding carboxylic acids is 3. The van der Waals surface area contributed by atoms with Gasteiger partial charge in [0.05, 0.1) is 17.8 Å². The van der Waals surface area contributed by atoms with Crippen LogP contribution >= 0.6 is 0 Å². The van der Waals surface area contributed by atoms with Gasteiger partial charge in [0.2, 0.25) is 0 Å². The van der Waals surface area contributed by atoms with E-state index >= 15 is 0 Å². The van der Waals surface area contributed by atoms with Crippen molar-refractivity contribution in [3.8, 4) is 0 Å². The highest BCUT2D eigenvalue weighted by atomic mass is 16.5. The van der Waals surface area contributed by atoms with Gasteiger partial charge in [-0.2, -0.15) is 0 Å². The van der Waals surface area contributed by atoms with E-state index in [0.29, 0.717) is 42.2 Å². The summed E-state index contributed by atoms with van der Waals surface area (Å²) in [4.78, 5) is 52.4. The highest BCUT2D eigenvalue weighted by molar-refractivity contribution is 6.06. The Morgan fingerprint density at radius 3 is 2.76 bits per heavy atom. The molecule has 2 aliphatic heterocycles. The van der Waals surface area contributed by atoms with E-state index in [1.807, 2.05) is 48.5 Å². The summed E-state index contributed by atoms with van der Waals surface area (Å²) in [6.07, 6.45) is 3.67. The van der Waals surface area contributed by atoms with Crippen molar-refractivity contribution in [2.75, 3.05) is 48.0 Å². The van der Waals surface area contributed by atoms with Crippen molar-refractivity contribution in [3.63, 3.8) is 0 Å². The van der Waals surface area contributed by atoms with Gasteiger partial charge in [0, 0.05) is 66.8 Å². The maximum Gasteiger partial charge on any atom is 0.412 e. The monoisotopic (exact) mass is 608 g/mol. The van der Waals surface area contributed by atoms with Crippen LogP contribution < -0.4 is 20.9 Å². The predicted octanol–water partition coefficient (Wildman–Crippen LogP) is 4.34. The van der Waals surface area contributed by atoms with Crippen molar-refractivity contribution in [3.05, 3.63) is 89.9 Å². The predicted molar refractivity (Wildman–Crippen MR) is 171 cm³/mol. The van der Waals surface area contributed by atoms with Crippen LogP contribution in [0.5, 0.6) is 0 Å². The van der Waals surface area contributed by atoms with E-state index in [9.17, 15) is 14.4 Å². The Balaban J connectivity index is 1.32. The minimum absolute atomic E-state index is 0.0111. The quantitative estimate of drug-likeness (QED) is 0.280. The molecule has 3 N–H and O–H groups in total. The number of pyridine rings is 2. The number of rotatable bonds is 8. The van der Waals surface area contributed by atoms with Gasteiger partial charge >= 0.3 is 6.09 Å². The Hall–Kier alpha value is -4.87. The van der Waals surface area contributed by atoms with Crippen LogP contribution in [0, 0.1) is 5.92 Å². The van der Waals surface area contributed by atoms with Crippen LogP contribution in [0.4, 0.5) is 21.9 Å². The average Bonchev–Trinajstić information content (AvgIpc) is 3.04. The zero-order valence-corrected chi connectivity index (χ0v) is 25.1. The number of fused-ring (bicyclic) bond motifs is 1. The molecule has 2 aromatic heterocycles. The lowest BCUT2D eigenvalue weighted by molar-refractivity contribution is -0.125. The number of hydrogen-bond donors (Lipinski definition) is 2. The van der Waals surface area contributed by atoms with Crippen molar-refractivity contribution in [2.45, 2.75) is 32.4 Å². The SMILES string of the molecule is C[C@@H]1C[C@H](N)CN(c2ccncc2CC(=O)c2nc3cc(N4CCOCC4=O)ccc3cc2NC(=O)OCc2ccccc2)C1. The number of ether oxygens (including phenoxy) is 2. The number of benzene rings is 2. The molecule has 0 spiro atoms. The van der Waals surface area contributed by atoms with Crippen LogP contribution in [0.15, 0.2) is 73.1 Å². The third kappa shape index (κ3) is 7.11. The highest BCUT2D eigenvalue weighted by Crippen LogP contribution is 2.30. The number of ketones is 1. The van der Waals surface area contributed by atoms with Gasteiger partial charge in [-0.15, -0.1) is 0 Å². The number of piperidine rings is 1. The fourth-order valence-corrected chi connectivity index (χ4v) is 6.01. The third-order valence-corrected chi connectivity index (χ3v) is 8.07. The van der Waals surface area contributed by atoms with Gasteiger partial charge in [0.15, 0.2) is 5.78 Å². The van der Waals surface area contributed by atoms with Gasteiger partial charge in [0.1, 0.15) is 18.9 Å². The van der Waals surface area contributed by atoms with E-state index in [-0.39, 0.29) is 48.7 Å². The van der Waals surface area contributed by atoms with Crippen LogP contribution in [0.25, 0.3) is 10.9 Å². The zero-order chi connectivity index (χ0) is 31.3. The summed E-state index contributed by atoms with van der Waals surface area (Å²) in [7, 11) is 0. The molecule has 2 amide bonds. The third-order valence-electron chi connectivity index (χ3n) is 8.07. The normalized spacial score (nSPS) is 18.6. The first-order valence-electron chi connectivity index (χ1n) is 15.1. The number of nitrogens with one attached hydrogen (secondary N) is 1. The van der Waals surface area contributed by atoms with Gasteiger partial charge in [-0.1, -0.05) is 43.3 Å². The fraction of sp³-hybridized carbons (Fsp3) is 0.324. The van der Waals surface area contributed by atoms with Gasteiger partial charge in [-0.05, 0) is 42.2 Å². The highest BCUT2D eigenvalue weighted by Gasteiger charge is 2.26. The molecule has 2 saturated heterocycles. The summed E-state index contributed by atoms with van der Waals surface area (Å²) >= 11 is 0. The van der Waals surface area contributed by atoms with E-state index in [1.165, 1.54) is 0 Å². The number of anilines is 3. The summed E-state index contributed by atoms with van der Waals surface area (Å²) in [5.74, 6) is -0.0308. The summed E-state index contributed by atoms with van der Waals surface area (Å²) < 4.78 is 10.7. The number of Topliss-reactive ketones (excluding diaryl/α,β-unsaturated/α-hetero) is 1. The topological polar surface area (TPSA) is 140 Å². The van der Waals surface area contributed by atoms with Crippen LogP contribution in [-0.4, -0.2) is 66.6 Å². The van der Waals surface area contributed by atoms with Crippen molar-refractivity contribution < 1.29 is 23.9 Å². The van der Waals surface area contributed by atoms with Gasteiger partial charge in [-0.3, -0.25) is 19.9 Å². The number of hydrogen-bond acceptors (Lipinski definition) is 9. The molecule has 2 fully saturated rings. The van der Waals surface area contributed by atoms with Crippen molar-refractivity contribution in [2.24, 2.45) is 11.7 Å². The van der Waals surface area contributed by atoms with E-state index < -0.39 is 6.09 Å². The molecular formula is C34H36N6O5. The first kappa shape index (κ1) is 30.2. The van der Waals surface area contributed by atoms with Gasteiger partial charge in [-0.25, -0.2) is 9.78 Å². The number of nitrogens with two attached hydrogens (primary N) is 1. The minimum atomic E-state index is -0.706. The fourth-order valence-electron chi connectivity index (χ4n) is 6.01. The molecule has 11 nitrogen and oxygen atoms in total. The van der Waals surface area contributed by atoms with Crippen LogP contribution in [0.2, 0.25) is 0 Å². The summed E-state index contributed by atoms with van der Waals surface area (Å²) in [6.45, 7) is 4.63. The molecule has 2 atom stereocenters. The standard InChI is InChI=1S/C34H36N6O5/c1-22-13-26(35)19-39(18-22)30-9-10-36-17-25(30)15-31(41)33-29(38-34(43)45-20-23-5-3-2-4-6-23)14-24-7-8-27(16-28(24)37-33)40-11-12-44-21-32(40)42/h2-10,14,16-17,22,26H,11-13,15,18-21,35H2,1H3,(H,38,43)/t22-,26+/m1/s1. The molecule has 11 heteroatoms. The largest absolute Gasteiger partial charge is 0.444 e. The second-order valence-corrected chi connectivity index (χ2v) is 11.7. The van der Waals surface area contributed by atoms with E-state index in [4.69, 9.17) is 20.2 Å². The van der Waals surface area contributed by atoms with Crippen molar-refractivity contribution >= 4 is 45.7 Å². The molecule has 0 saturated carbocycles. The maximum absolute atomic E-state index is 14.0. The number of aromatic nitrogens is 2. The van der Waals surface area contributed by atoms with Crippen molar-refractivity contribution in [1.82, 2.24) is 9.97 Å². The second kappa shape index (κ2) is 13.4. The van der Waals surface area contributed by atoms with E-state index in [2.05, 4.69) is 22.1 Å². The molecule has 0 bridgehead atoms. The summed E-state index contributed by atoms with van der Waals surface area (Å²) in [5, 5.41) is 3.43. The number of morpholine rings is 1. The number of amides is 2.